The molecule has 0 atom stereocenters. The van der Waals surface area contributed by atoms with Gasteiger partial charge in [0.2, 0.25) is 0 Å². The van der Waals surface area contributed by atoms with E-state index in [2.05, 4.69) is 10.1 Å². The van der Waals surface area contributed by atoms with Crippen LogP contribution in [0.3, 0.4) is 0 Å². The summed E-state index contributed by atoms with van der Waals surface area (Å²) in [6.45, 7) is 1.82. The third-order valence-electron chi connectivity index (χ3n) is 3.01. The Hall–Kier alpha value is -2.40. The van der Waals surface area contributed by atoms with Crippen molar-refractivity contribution in [2.75, 3.05) is 0 Å². The number of rotatable bonds is 2. The molecule has 2 aromatic heterocycles. The van der Waals surface area contributed by atoms with Crippen LogP contribution in [0.5, 0.6) is 0 Å². The minimum Gasteiger partial charge on any atom is -0.478 e. The molecule has 0 amide bonds. The summed E-state index contributed by atoms with van der Waals surface area (Å²) >= 11 is 5.98. The summed E-state index contributed by atoms with van der Waals surface area (Å²) in [6, 6.07) is 8.82. The molecule has 100 valence electrons. The van der Waals surface area contributed by atoms with Crippen molar-refractivity contribution in [3.05, 3.63) is 52.8 Å². The van der Waals surface area contributed by atoms with E-state index in [1.807, 2.05) is 19.1 Å². The quantitative estimate of drug-likeness (QED) is 0.786. The second kappa shape index (κ2) is 4.61. The number of benzene rings is 1. The van der Waals surface area contributed by atoms with Gasteiger partial charge in [-0.05, 0) is 31.2 Å². The van der Waals surface area contributed by atoms with E-state index in [1.54, 1.807) is 22.9 Å². The van der Waals surface area contributed by atoms with Gasteiger partial charge < -0.3 is 5.11 Å². The van der Waals surface area contributed by atoms with Crippen molar-refractivity contribution in [1.82, 2.24) is 14.8 Å². The van der Waals surface area contributed by atoms with Gasteiger partial charge in [0.25, 0.3) is 0 Å². The Morgan fingerprint density at radius 1 is 1.35 bits per heavy atom. The van der Waals surface area contributed by atoms with Gasteiger partial charge in [0.15, 0.2) is 5.65 Å². The predicted octanol–water partition coefficient (Wildman–Crippen LogP) is 3.08. The number of fused-ring (bicyclic) bond motifs is 1. The van der Waals surface area contributed by atoms with E-state index in [0.29, 0.717) is 16.1 Å². The van der Waals surface area contributed by atoms with E-state index in [-0.39, 0.29) is 5.56 Å². The maximum atomic E-state index is 11.0. The topological polar surface area (TPSA) is 68.0 Å². The van der Waals surface area contributed by atoms with E-state index in [1.165, 1.54) is 6.20 Å². The summed E-state index contributed by atoms with van der Waals surface area (Å²) in [7, 11) is 0. The number of hydrogen-bond donors (Lipinski definition) is 1. The highest BCUT2D eigenvalue weighted by atomic mass is 35.5. The fourth-order valence-electron chi connectivity index (χ4n) is 2.05. The van der Waals surface area contributed by atoms with Gasteiger partial charge in [-0.25, -0.2) is 14.5 Å². The minimum atomic E-state index is -1.01. The van der Waals surface area contributed by atoms with Gasteiger partial charge in [-0.2, -0.15) is 5.10 Å². The van der Waals surface area contributed by atoms with Crippen LogP contribution < -0.4 is 0 Å². The molecule has 0 saturated heterocycles. The van der Waals surface area contributed by atoms with Gasteiger partial charge in [-0.3, -0.25) is 0 Å². The molecule has 0 saturated carbocycles. The van der Waals surface area contributed by atoms with Crippen LogP contribution >= 0.6 is 11.6 Å². The first-order valence-corrected chi connectivity index (χ1v) is 6.28. The summed E-state index contributed by atoms with van der Waals surface area (Å²) in [5.41, 5.74) is 2.25. The van der Waals surface area contributed by atoms with Gasteiger partial charge in [-0.15, -0.1) is 0 Å². The van der Waals surface area contributed by atoms with Crippen molar-refractivity contribution in [2.24, 2.45) is 0 Å². The Morgan fingerprint density at radius 3 is 2.85 bits per heavy atom. The van der Waals surface area contributed by atoms with Crippen molar-refractivity contribution < 1.29 is 9.90 Å². The molecule has 1 N–H and O–H groups in total. The Balaban J connectivity index is 2.25. The molecular formula is C14H10ClN3O2. The molecule has 0 radical (unpaired) electrons. The summed E-state index contributed by atoms with van der Waals surface area (Å²) in [6.07, 6.45) is 1.33. The van der Waals surface area contributed by atoms with Gasteiger partial charge in [-0.1, -0.05) is 17.7 Å². The zero-order valence-electron chi connectivity index (χ0n) is 10.5. The summed E-state index contributed by atoms with van der Waals surface area (Å²) in [5, 5.41) is 14.7. The maximum Gasteiger partial charge on any atom is 0.337 e. The van der Waals surface area contributed by atoms with Gasteiger partial charge in [0, 0.05) is 16.6 Å². The number of halogens is 1. The van der Waals surface area contributed by atoms with Crippen LogP contribution in [0.15, 0.2) is 36.5 Å². The molecule has 0 aliphatic carbocycles. The molecule has 0 fully saturated rings. The molecule has 0 bridgehead atoms. The summed E-state index contributed by atoms with van der Waals surface area (Å²) in [4.78, 5) is 15.2. The second-order valence-corrected chi connectivity index (χ2v) is 4.81. The van der Waals surface area contributed by atoms with Crippen LogP contribution in [-0.2, 0) is 0 Å². The van der Waals surface area contributed by atoms with Crippen LogP contribution in [0.4, 0.5) is 0 Å². The number of aromatic carboxylic acids is 1. The Bertz CT molecular complexity index is 826. The fourth-order valence-corrected chi connectivity index (χ4v) is 2.23. The van der Waals surface area contributed by atoms with Crippen molar-refractivity contribution >= 4 is 28.6 Å². The van der Waals surface area contributed by atoms with Crippen LogP contribution in [0, 0.1) is 6.92 Å². The summed E-state index contributed by atoms with van der Waals surface area (Å²) in [5.74, 6) is -1.01. The number of nitrogens with zero attached hydrogens (tertiary/aromatic N) is 3. The van der Waals surface area contributed by atoms with Crippen molar-refractivity contribution in [2.45, 2.75) is 6.92 Å². The average molecular weight is 288 g/mol. The summed E-state index contributed by atoms with van der Waals surface area (Å²) < 4.78 is 1.65. The molecule has 3 aromatic rings. The monoisotopic (exact) mass is 287 g/mol. The molecule has 6 heteroatoms. The number of carboxylic acids is 1. The largest absolute Gasteiger partial charge is 0.478 e. The molecule has 2 heterocycles. The lowest BCUT2D eigenvalue weighted by molar-refractivity contribution is 0.0696. The van der Waals surface area contributed by atoms with E-state index in [9.17, 15) is 4.79 Å². The van der Waals surface area contributed by atoms with Gasteiger partial charge >= 0.3 is 5.97 Å². The molecule has 0 aliphatic heterocycles. The van der Waals surface area contributed by atoms with Crippen molar-refractivity contribution in [3.8, 4) is 5.69 Å². The van der Waals surface area contributed by atoms with E-state index in [0.717, 1.165) is 11.4 Å². The number of hydrogen-bond acceptors (Lipinski definition) is 3. The molecule has 0 aliphatic rings. The molecule has 20 heavy (non-hydrogen) atoms. The van der Waals surface area contributed by atoms with Crippen LogP contribution in [0.25, 0.3) is 16.7 Å². The molecule has 5 nitrogen and oxygen atoms in total. The van der Waals surface area contributed by atoms with E-state index >= 15 is 0 Å². The Kier molecular flexibility index (Phi) is 2.91. The van der Waals surface area contributed by atoms with Crippen LogP contribution in [0.1, 0.15) is 16.1 Å². The molecular weight excluding hydrogens is 278 g/mol. The lowest BCUT2D eigenvalue weighted by Gasteiger charge is -2.03. The third kappa shape index (κ3) is 2.02. The highest BCUT2D eigenvalue weighted by molar-refractivity contribution is 6.30. The number of aryl methyl sites for hydroxylation is 1. The zero-order chi connectivity index (χ0) is 14.3. The number of aromatic nitrogens is 3. The number of carboxylic acid groups (broad SMARTS) is 1. The normalized spacial score (nSPS) is 10.9. The lowest BCUT2D eigenvalue weighted by Crippen LogP contribution is -2.00. The SMILES string of the molecule is Cc1nn(-c2cccc(Cl)c2)c2ncc(C(=O)O)cc12. The van der Waals surface area contributed by atoms with Gasteiger partial charge in [0.1, 0.15) is 0 Å². The first-order chi connectivity index (χ1) is 9.56. The average Bonchev–Trinajstić information content (AvgIpc) is 2.76. The molecule has 0 spiro atoms. The smallest absolute Gasteiger partial charge is 0.337 e. The first kappa shape index (κ1) is 12.6. The minimum absolute atomic E-state index is 0.145. The van der Waals surface area contributed by atoms with Crippen LogP contribution in [0.2, 0.25) is 5.02 Å². The van der Waals surface area contributed by atoms with E-state index < -0.39 is 5.97 Å². The van der Waals surface area contributed by atoms with E-state index in [4.69, 9.17) is 16.7 Å². The van der Waals surface area contributed by atoms with Crippen molar-refractivity contribution in [1.29, 1.82) is 0 Å². The molecule has 3 rings (SSSR count). The standard InChI is InChI=1S/C14H10ClN3O2/c1-8-12-5-9(14(19)20)7-16-13(12)18(17-8)11-4-2-3-10(15)6-11/h2-7H,1H3,(H,19,20). The predicted molar refractivity (Wildman–Crippen MR) is 75.6 cm³/mol. The highest BCUT2D eigenvalue weighted by Crippen LogP contribution is 2.22. The Labute approximate surface area is 119 Å². The fraction of sp³-hybridized carbons (Fsp3) is 0.0714. The maximum absolute atomic E-state index is 11.0. The lowest BCUT2D eigenvalue weighted by atomic mass is 10.2. The van der Waals surface area contributed by atoms with Gasteiger partial charge in [0.05, 0.1) is 16.9 Å². The highest BCUT2D eigenvalue weighted by Gasteiger charge is 2.13. The third-order valence-corrected chi connectivity index (χ3v) is 3.24. The molecule has 1 aromatic carbocycles. The zero-order valence-corrected chi connectivity index (χ0v) is 11.3. The molecule has 0 unspecified atom stereocenters. The Morgan fingerprint density at radius 2 is 2.15 bits per heavy atom. The first-order valence-electron chi connectivity index (χ1n) is 5.91. The second-order valence-electron chi connectivity index (χ2n) is 4.38. The van der Waals surface area contributed by atoms with Crippen molar-refractivity contribution in [3.63, 3.8) is 0 Å². The number of carbonyl (C=O) groups is 1. The number of pyridine rings is 1. The van der Waals surface area contributed by atoms with Crippen LogP contribution in [-0.4, -0.2) is 25.8 Å².